The van der Waals surface area contributed by atoms with E-state index in [1.54, 1.807) is 6.92 Å². The first-order chi connectivity index (χ1) is 8.54. The maximum atomic E-state index is 12.1. The van der Waals surface area contributed by atoms with Crippen LogP contribution in [0.15, 0.2) is 30.3 Å². The van der Waals surface area contributed by atoms with Gasteiger partial charge < -0.3 is 4.74 Å². The molecule has 1 aliphatic heterocycles. The molecule has 0 N–H and O–H groups in total. The van der Waals surface area contributed by atoms with Crippen molar-refractivity contribution < 1.29 is 13.2 Å². The lowest BCUT2D eigenvalue weighted by atomic mass is 10.1. The zero-order chi connectivity index (χ0) is 13.2. The second-order valence-corrected chi connectivity index (χ2v) is 6.56. The van der Waals surface area contributed by atoms with Crippen molar-refractivity contribution in [1.82, 2.24) is 4.31 Å². The monoisotopic (exact) mass is 269 g/mol. The van der Waals surface area contributed by atoms with Crippen LogP contribution in [0.5, 0.6) is 0 Å². The van der Waals surface area contributed by atoms with E-state index in [4.69, 9.17) is 4.74 Å². The Bertz CT molecular complexity index is 486. The van der Waals surface area contributed by atoms with Crippen LogP contribution < -0.4 is 0 Å². The molecule has 2 atom stereocenters. The standard InChI is InChI=1S/C13H19NO3S/c1-3-9-18(15,16)14-10-13(17-11(14)2)12-7-5-4-6-8-12/h4-8,11,13H,3,9-10H2,1-2H3. The van der Waals surface area contributed by atoms with Crippen LogP contribution in [0.1, 0.15) is 31.9 Å². The topological polar surface area (TPSA) is 46.6 Å². The number of sulfonamides is 1. The minimum Gasteiger partial charge on any atom is -0.353 e. The Balaban J connectivity index is 2.15. The molecule has 1 heterocycles. The molecule has 4 nitrogen and oxygen atoms in total. The molecule has 0 amide bonds. The van der Waals surface area contributed by atoms with Crippen molar-refractivity contribution in [3.05, 3.63) is 35.9 Å². The average molecular weight is 269 g/mol. The minimum absolute atomic E-state index is 0.159. The molecule has 2 rings (SSSR count). The van der Waals surface area contributed by atoms with Crippen molar-refractivity contribution in [3.63, 3.8) is 0 Å². The summed E-state index contributed by atoms with van der Waals surface area (Å²) in [6, 6.07) is 9.74. The van der Waals surface area contributed by atoms with Crippen molar-refractivity contribution >= 4 is 10.0 Å². The fourth-order valence-electron chi connectivity index (χ4n) is 2.23. The van der Waals surface area contributed by atoms with Crippen molar-refractivity contribution in [2.45, 2.75) is 32.6 Å². The molecule has 1 aromatic rings. The first-order valence-electron chi connectivity index (χ1n) is 6.24. The highest BCUT2D eigenvalue weighted by Gasteiger charge is 2.37. The Morgan fingerprint density at radius 2 is 2.00 bits per heavy atom. The highest BCUT2D eigenvalue weighted by molar-refractivity contribution is 7.89. The number of hydrogen-bond donors (Lipinski definition) is 0. The van der Waals surface area contributed by atoms with E-state index in [1.165, 1.54) is 4.31 Å². The van der Waals surface area contributed by atoms with Crippen LogP contribution in [0, 0.1) is 0 Å². The number of hydrogen-bond acceptors (Lipinski definition) is 3. The van der Waals surface area contributed by atoms with Crippen LogP contribution in [-0.2, 0) is 14.8 Å². The number of nitrogens with zero attached hydrogens (tertiary/aromatic N) is 1. The minimum atomic E-state index is -3.19. The van der Waals surface area contributed by atoms with Crippen molar-refractivity contribution in [2.75, 3.05) is 12.3 Å². The van der Waals surface area contributed by atoms with Gasteiger partial charge in [0.2, 0.25) is 10.0 Å². The van der Waals surface area contributed by atoms with E-state index < -0.39 is 10.0 Å². The summed E-state index contributed by atoms with van der Waals surface area (Å²) in [5, 5.41) is 0. The van der Waals surface area contributed by atoms with Gasteiger partial charge in [0.15, 0.2) is 0 Å². The molecule has 0 aromatic heterocycles. The van der Waals surface area contributed by atoms with Crippen LogP contribution in [0.25, 0.3) is 0 Å². The third-order valence-corrected chi connectivity index (χ3v) is 5.19. The SMILES string of the molecule is CCCS(=O)(=O)N1CC(c2ccccc2)OC1C. The fourth-order valence-corrected chi connectivity index (χ4v) is 3.84. The van der Waals surface area contributed by atoms with Gasteiger partial charge in [-0.15, -0.1) is 0 Å². The maximum absolute atomic E-state index is 12.1. The van der Waals surface area contributed by atoms with Gasteiger partial charge in [0, 0.05) is 6.54 Å². The predicted molar refractivity (Wildman–Crippen MR) is 70.5 cm³/mol. The molecule has 0 radical (unpaired) electrons. The lowest BCUT2D eigenvalue weighted by Gasteiger charge is -2.18. The lowest BCUT2D eigenvalue weighted by molar-refractivity contribution is 0.0344. The van der Waals surface area contributed by atoms with Crippen molar-refractivity contribution in [1.29, 1.82) is 0 Å². The van der Waals surface area contributed by atoms with E-state index in [0.717, 1.165) is 5.56 Å². The maximum Gasteiger partial charge on any atom is 0.216 e. The summed E-state index contributed by atoms with van der Waals surface area (Å²) in [5.41, 5.74) is 1.03. The number of rotatable bonds is 4. The van der Waals surface area contributed by atoms with Gasteiger partial charge in [-0.05, 0) is 18.9 Å². The molecule has 0 spiro atoms. The van der Waals surface area contributed by atoms with Gasteiger partial charge in [-0.2, -0.15) is 4.31 Å². The molecule has 1 aliphatic rings. The Morgan fingerprint density at radius 3 is 2.61 bits per heavy atom. The zero-order valence-corrected chi connectivity index (χ0v) is 11.6. The highest BCUT2D eigenvalue weighted by Crippen LogP contribution is 2.30. The van der Waals surface area contributed by atoms with Gasteiger partial charge in [-0.3, -0.25) is 0 Å². The first kappa shape index (κ1) is 13.5. The molecule has 0 saturated carbocycles. The Labute approximate surface area is 109 Å². The first-order valence-corrected chi connectivity index (χ1v) is 7.85. The summed E-state index contributed by atoms with van der Waals surface area (Å²) in [4.78, 5) is 0. The van der Waals surface area contributed by atoms with Gasteiger partial charge >= 0.3 is 0 Å². The molecule has 1 saturated heterocycles. The van der Waals surface area contributed by atoms with E-state index in [1.807, 2.05) is 37.3 Å². The second-order valence-electron chi connectivity index (χ2n) is 4.52. The van der Waals surface area contributed by atoms with Crippen LogP contribution in [-0.4, -0.2) is 31.2 Å². The van der Waals surface area contributed by atoms with Crippen molar-refractivity contribution in [3.8, 4) is 0 Å². The van der Waals surface area contributed by atoms with E-state index in [2.05, 4.69) is 0 Å². The second kappa shape index (κ2) is 5.38. The quantitative estimate of drug-likeness (QED) is 0.841. The van der Waals surface area contributed by atoms with E-state index in [-0.39, 0.29) is 18.1 Å². The summed E-state index contributed by atoms with van der Waals surface area (Å²) in [7, 11) is -3.19. The molecular formula is C13H19NO3S. The van der Waals surface area contributed by atoms with Crippen LogP contribution in [0.4, 0.5) is 0 Å². The summed E-state index contributed by atoms with van der Waals surface area (Å²) in [6.07, 6.45) is 0.0845. The predicted octanol–water partition coefficient (Wildman–Crippen LogP) is 2.15. The smallest absolute Gasteiger partial charge is 0.216 e. The zero-order valence-electron chi connectivity index (χ0n) is 10.7. The van der Waals surface area contributed by atoms with Crippen LogP contribution in [0.3, 0.4) is 0 Å². The van der Waals surface area contributed by atoms with Gasteiger partial charge in [0.05, 0.1) is 11.9 Å². The summed E-state index contributed by atoms with van der Waals surface area (Å²) in [6.45, 7) is 4.07. The average Bonchev–Trinajstić information content (AvgIpc) is 2.73. The largest absolute Gasteiger partial charge is 0.353 e. The Morgan fingerprint density at radius 1 is 1.33 bits per heavy atom. The van der Waals surface area contributed by atoms with Crippen molar-refractivity contribution in [2.24, 2.45) is 0 Å². The van der Waals surface area contributed by atoms with E-state index >= 15 is 0 Å². The Hall–Kier alpha value is -0.910. The van der Waals surface area contributed by atoms with Crippen LogP contribution >= 0.6 is 0 Å². The molecule has 5 heteroatoms. The summed E-state index contributed by atoms with van der Waals surface area (Å²) < 4.78 is 31.3. The fraction of sp³-hybridized carbons (Fsp3) is 0.538. The number of ether oxygens (including phenoxy) is 1. The number of benzene rings is 1. The highest BCUT2D eigenvalue weighted by atomic mass is 32.2. The molecule has 2 unspecified atom stereocenters. The van der Waals surface area contributed by atoms with Gasteiger partial charge in [0.25, 0.3) is 0 Å². The molecule has 1 fully saturated rings. The molecular weight excluding hydrogens is 250 g/mol. The van der Waals surface area contributed by atoms with E-state index in [0.29, 0.717) is 13.0 Å². The molecule has 18 heavy (non-hydrogen) atoms. The lowest BCUT2D eigenvalue weighted by Crippen LogP contribution is -2.35. The molecule has 0 bridgehead atoms. The summed E-state index contributed by atoms with van der Waals surface area (Å²) >= 11 is 0. The molecule has 1 aromatic carbocycles. The van der Waals surface area contributed by atoms with Gasteiger partial charge in [-0.1, -0.05) is 37.3 Å². The molecule has 100 valence electrons. The van der Waals surface area contributed by atoms with Gasteiger partial charge in [0.1, 0.15) is 6.23 Å². The van der Waals surface area contributed by atoms with Crippen LogP contribution in [0.2, 0.25) is 0 Å². The van der Waals surface area contributed by atoms with Gasteiger partial charge in [-0.25, -0.2) is 8.42 Å². The summed E-state index contributed by atoms with van der Waals surface area (Å²) in [5.74, 6) is 0.183. The van der Waals surface area contributed by atoms with E-state index in [9.17, 15) is 8.42 Å². The third kappa shape index (κ3) is 2.74. The normalized spacial score (nSPS) is 25.4. The third-order valence-electron chi connectivity index (χ3n) is 3.10. The molecule has 0 aliphatic carbocycles. The Kier molecular flexibility index (Phi) is 4.04.